The summed E-state index contributed by atoms with van der Waals surface area (Å²) in [4.78, 5) is 4.55. The van der Waals surface area contributed by atoms with E-state index in [0.29, 0.717) is 5.02 Å². The van der Waals surface area contributed by atoms with E-state index in [0.717, 1.165) is 56.1 Å². The minimum atomic E-state index is 0.649. The van der Waals surface area contributed by atoms with Gasteiger partial charge >= 0.3 is 0 Å². The van der Waals surface area contributed by atoms with Crippen molar-refractivity contribution >= 4 is 99.2 Å². The van der Waals surface area contributed by atoms with Crippen molar-refractivity contribution in [1.29, 1.82) is 0 Å². The Morgan fingerprint density at radius 2 is 0.915 bits per heavy atom. The lowest BCUT2D eigenvalue weighted by molar-refractivity contribution is 0.669. The van der Waals surface area contributed by atoms with E-state index in [4.69, 9.17) is 16.0 Å². The van der Waals surface area contributed by atoms with Crippen LogP contribution in [0.2, 0.25) is 5.02 Å². The smallest absolute Gasteiger partial charge is 0.135 e. The molecule has 0 amide bonds. The van der Waals surface area contributed by atoms with Crippen LogP contribution in [0.4, 0.5) is 34.1 Å². The number of hydrogen-bond acceptors (Lipinski definition) is 4. The Balaban J connectivity index is 1.24. The topological polar surface area (TPSA) is 19.6 Å². The summed E-state index contributed by atoms with van der Waals surface area (Å²) in [7, 11) is 0. The zero-order chi connectivity index (χ0) is 31.3. The van der Waals surface area contributed by atoms with Crippen LogP contribution in [0.5, 0.6) is 0 Å². The Hall–Kier alpha value is -5.55. The molecule has 9 rings (SSSR count). The van der Waals surface area contributed by atoms with Gasteiger partial charge in [0.1, 0.15) is 11.2 Å². The van der Waals surface area contributed by atoms with Crippen molar-refractivity contribution in [2.24, 2.45) is 0 Å². The number of fused-ring (bicyclic) bond motifs is 6. The van der Waals surface area contributed by atoms with Gasteiger partial charge < -0.3 is 14.2 Å². The van der Waals surface area contributed by atoms with Crippen molar-refractivity contribution in [1.82, 2.24) is 0 Å². The van der Waals surface area contributed by atoms with Gasteiger partial charge in [0, 0.05) is 70.1 Å². The zero-order valence-corrected chi connectivity index (χ0v) is 26.7. The van der Waals surface area contributed by atoms with Crippen molar-refractivity contribution in [2.75, 3.05) is 9.80 Å². The molecular weight excluding hydrogens is 616 g/mol. The molecule has 2 aromatic heterocycles. The van der Waals surface area contributed by atoms with Crippen LogP contribution in [0.3, 0.4) is 0 Å². The van der Waals surface area contributed by atoms with Gasteiger partial charge in [0.2, 0.25) is 0 Å². The number of benzene rings is 7. The third-order valence-corrected chi connectivity index (χ3v) is 10.0. The Bertz CT molecular complexity index is 2380. The van der Waals surface area contributed by atoms with E-state index in [1.54, 1.807) is 0 Å². The van der Waals surface area contributed by atoms with Crippen LogP contribution in [-0.4, -0.2) is 0 Å². The molecule has 0 bridgehead atoms. The Morgan fingerprint density at radius 1 is 0.383 bits per heavy atom. The number of anilines is 6. The van der Waals surface area contributed by atoms with E-state index >= 15 is 0 Å². The molecule has 47 heavy (non-hydrogen) atoms. The first-order valence-corrected chi connectivity index (χ1v) is 16.7. The van der Waals surface area contributed by atoms with Crippen molar-refractivity contribution in [3.05, 3.63) is 169 Å². The molecule has 224 valence electrons. The molecule has 0 aliphatic rings. The number of para-hydroxylation sites is 3. The second kappa shape index (κ2) is 11.4. The van der Waals surface area contributed by atoms with Crippen molar-refractivity contribution < 1.29 is 4.42 Å². The lowest BCUT2D eigenvalue weighted by Gasteiger charge is -2.30. The lowest BCUT2D eigenvalue weighted by atomic mass is 10.1. The van der Waals surface area contributed by atoms with Gasteiger partial charge in [0.15, 0.2) is 0 Å². The summed E-state index contributed by atoms with van der Waals surface area (Å²) in [6.45, 7) is 0. The molecule has 0 N–H and O–H groups in total. The average Bonchev–Trinajstić information content (AvgIpc) is 3.67. The second-order valence-electron chi connectivity index (χ2n) is 11.6. The summed E-state index contributed by atoms with van der Waals surface area (Å²) < 4.78 is 8.73. The molecule has 9 aromatic rings. The molecular formula is C42H27ClN2OS. The van der Waals surface area contributed by atoms with Crippen LogP contribution in [0, 0.1) is 0 Å². The Labute approximate surface area is 281 Å². The van der Waals surface area contributed by atoms with Gasteiger partial charge in [-0.2, -0.15) is 0 Å². The molecule has 0 spiro atoms. The maximum absolute atomic E-state index is 7.03. The fraction of sp³-hybridized carbons (Fsp3) is 0. The predicted octanol–water partition coefficient (Wildman–Crippen LogP) is 13.5. The predicted molar refractivity (Wildman–Crippen MR) is 201 cm³/mol. The fourth-order valence-corrected chi connectivity index (χ4v) is 7.88. The minimum absolute atomic E-state index is 0.649. The highest BCUT2D eigenvalue weighted by molar-refractivity contribution is 7.25. The van der Waals surface area contributed by atoms with Crippen molar-refractivity contribution in [3.63, 3.8) is 0 Å². The molecule has 0 aliphatic heterocycles. The van der Waals surface area contributed by atoms with E-state index in [1.807, 2.05) is 47.7 Å². The van der Waals surface area contributed by atoms with E-state index in [-0.39, 0.29) is 0 Å². The zero-order valence-electron chi connectivity index (χ0n) is 25.2. The Morgan fingerprint density at radius 3 is 1.62 bits per heavy atom. The van der Waals surface area contributed by atoms with E-state index in [1.165, 1.54) is 20.2 Å². The first kappa shape index (κ1) is 27.7. The van der Waals surface area contributed by atoms with Crippen molar-refractivity contribution in [2.45, 2.75) is 0 Å². The summed E-state index contributed by atoms with van der Waals surface area (Å²) in [5, 5.41) is 5.33. The molecule has 0 unspecified atom stereocenters. The lowest BCUT2D eigenvalue weighted by Crippen LogP contribution is -2.13. The van der Waals surface area contributed by atoms with Gasteiger partial charge in [-0.3, -0.25) is 0 Å². The minimum Gasteiger partial charge on any atom is -0.456 e. The monoisotopic (exact) mass is 642 g/mol. The number of nitrogens with zero attached hydrogens (tertiary/aromatic N) is 2. The first-order chi connectivity index (χ1) is 23.2. The van der Waals surface area contributed by atoms with Crippen LogP contribution < -0.4 is 9.80 Å². The molecule has 2 heterocycles. The molecule has 0 fully saturated rings. The van der Waals surface area contributed by atoms with Crippen LogP contribution in [0.1, 0.15) is 0 Å². The van der Waals surface area contributed by atoms with Crippen molar-refractivity contribution in [3.8, 4) is 0 Å². The van der Waals surface area contributed by atoms with Crippen LogP contribution in [-0.2, 0) is 0 Å². The SMILES string of the molecule is Clc1cc(N(c2ccccc2)c2ccc3oc4ccccc4c3c2)cc(N(c2ccccc2)c2ccc3sc4ccccc4c3c2)c1. The number of halogens is 1. The molecule has 0 atom stereocenters. The number of thiophene rings is 1. The Kier molecular flexibility index (Phi) is 6.70. The molecule has 0 saturated carbocycles. The number of furan rings is 1. The quantitative estimate of drug-likeness (QED) is 0.180. The third kappa shape index (κ3) is 4.90. The summed E-state index contributed by atoms with van der Waals surface area (Å²) in [6.07, 6.45) is 0. The normalized spacial score (nSPS) is 11.5. The molecule has 3 nitrogen and oxygen atoms in total. The van der Waals surface area contributed by atoms with Gasteiger partial charge in [-0.25, -0.2) is 0 Å². The first-order valence-electron chi connectivity index (χ1n) is 15.5. The van der Waals surface area contributed by atoms with Gasteiger partial charge in [0.05, 0.1) is 0 Å². The average molecular weight is 643 g/mol. The highest BCUT2D eigenvalue weighted by atomic mass is 35.5. The van der Waals surface area contributed by atoms with E-state index < -0.39 is 0 Å². The summed E-state index contributed by atoms with van der Waals surface area (Å²) in [6, 6.07) is 57.1. The summed E-state index contributed by atoms with van der Waals surface area (Å²) in [5.41, 5.74) is 7.83. The van der Waals surface area contributed by atoms with Crippen LogP contribution in [0.25, 0.3) is 42.1 Å². The standard InChI is InChI=1S/C42H27ClN2OS/c43-28-23-33(44(29-11-3-1-4-12-29)31-19-21-40-37(26-31)35-15-7-9-17-39(35)46-40)25-34(24-28)45(30-13-5-2-6-14-30)32-20-22-42-38(27-32)36-16-8-10-18-41(36)47-42/h1-27H. The molecule has 0 saturated heterocycles. The number of hydrogen-bond donors (Lipinski definition) is 0. The van der Waals surface area contributed by atoms with Crippen LogP contribution in [0.15, 0.2) is 168 Å². The highest BCUT2D eigenvalue weighted by Gasteiger charge is 2.20. The summed E-state index contributed by atoms with van der Waals surface area (Å²) >= 11 is 8.86. The fourth-order valence-electron chi connectivity index (χ4n) is 6.57. The maximum atomic E-state index is 7.03. The van der Waals surface area contributed by atoms with Gasteiger partial charge in [-0.15, -0.1) is 11.3 Å². The van der Waals surface area contributed by atoms with Gasteiger partial charge in [-0.05, 0) is 91.0 Å². The second-order valence-corrected chi connectivity index (χ2v) is 13.1. The molecule has 5 heteroatoms. The highest BCUT2D eigenvalue weighted by Crippen LogP contribution is 2.45. The van der Waals surface area contributed by atoms with Gasteiger partial charge in [-0.1, -0.05) is 84.4 Å². The van der Waals surface area contributed by atoms with Gasteiger partial charge in [0.25, 0.3) is 0 Å². The molecule has 0 aliphatic carbocycles. The number of rotatable bonds is 6. The maximum Gasteiger partial charge on any atom is 0.135 e. The largest absolute Gasteiger partial charge is 0.456 e. The third-order valence-electron chi connectivity index (χ3n) is 8.65. The molecule has 0 radical (unpaired) electrons. The van der Waals surface area contributed by atoms with E-state index in [2.05, 4.69) is 137 Å². The van der Waals surface area contributed by atoms with E-state index in [9.17, 15) is 0 Å². The summed E-state index contributed by atoms with van der Waals surface area (Å²) in [5.74, 6) is 0. The molecule has 7 aromatic carbocycles. The van der Waals surface area contributed by atoms with Crippen LogP contribution >= 0.6 is 22.9 Å².